The van der Waals surface area contributed by atoms with E-state index in [1.807, 2.05) is 32.0 Å². The summed E-state index contributed by atoms with van der Waals surface area (Å²) in [5, 5.41) is 13.8. The Hall–Kier alpha value is -2.21. The summed E-state index contributed by atoms with van der Waals surface area (Å²) >= 11 is 1.29. The van der Waals surface area contributed by atoms with E-state index < -0.39 is 5.97 Å². The van der Waals surface area contributed by atoms with Crippen LogP contribution in [0.5, 0.6) is 0 Å². The molecular formula is C15H16N2O3S. The number of aromatic nitrogens is 1. The number of hydrogen-bond acceptors (Lipinski definition) is 4. The Morgan fingerprint density at radius 2 is 2.10 bits per heavy atom. The lowest BCUT2D eigenvalue weighted by Crippen LogP contribution is -2.26. The minimum atomic E-state index is -1.03. The average molecular weight is 304 g/mol. The van der Waals surface area contributed by atoms with Gasteiger partial charge in [0.05, 0.1) is 5.01 Å². The molecule has 1 amide bonds. The third-order valence-electron chi connectivity index (χ3n) is 3.03. The molecule has 0 aliphatic carbocycles. The molecule has 0 aliphatic rings. The normalized spacial score (nSPS) is 10.4. The predicted octanol–water partition coefficient (Wildman–Crippen LogP) is 2.43. The molecule has 0 radical (unpaired) electrons. The first kappa shape index (κ1) is 15.2. The molecule has 0 fully saturated rings. The highest BCUT2D eigenvalue weighted by atomic mass is 32.1. The largest absolute Gasteiger partial charge is 0.476 e. The van der Waals surface area contributed by atoms with Crippen LogP contribution in [0.3, 0.4) is 0 Å². The molecule has 0 saturated carbocycles. The number of carbonyl (C=O) groups is 2. The summed E-state index contributed by atoms with van der Waals surface area (Å²) in [6, 6.07) is 5.75. The van der Waals surface area contributed by atoms with Crippen LogP contribution < -0.4 is 5.32 Å². The lowest BCUT2D eigenvalue weighted by atomic mass is 10.1. The third kappa shape index (κ3) is 3.88. The van der Waals surface area contributed by atoms with Crippen molar-refractivity contribution in [1.82, 2.24) is 10.3 Å². The van der Waals surface area contributed by atoms with Crippen LogP contribution in [0.25, 0.3) is 0 Å². The van der Waals surface area contributed by atoms with E-state index >= 15 is 0 Å². The zero-order valence-electron chi connectivity index (χ0n) is 11.8. The van der Waals surface area contributed by atoms with Crippen molar-refractivity contribution in [2.45, 2.75) is 20.3 Å². The number of carboxylic acids is 1. The number of carbonyl (C=O) groups excluding carboxylic acids is 1. The highest BCUT2D eigenvalue weighted by Gasteiger charge is 2.11. The Labute approximate surface area is 126 Å². The fraction of sp³-hybridized carbons (Fsp3) is 0.267. The van der Waals surface area contributed by atoms with E-state index in [-0.39, 0.29) is 11.6 Å². The van der Waals surface area contributed by atoms with Crippen molar-refractivity contribution in [3.63, 3.8) is 0 Å². The molecule has 0 saturated heterocycles. The zero-order valence-corrected chi connectivity index (χ0v) is 12.7. The monoisotopic (exact) mass is 304 g/mol. The van der Waals surface area contributed by atoms with Gasteiger partial charge < -0.3 is 10.4 Å². The Morgan fingerprint density at radius 1 is 1.33 bits per heavy atom. The minimum Gasteiger partial charge on any atom is -0.476 e. The molecule has 0 unspecified atom stereocenters. The summed E-state index contributed by atoms with van der Waals surface area (Å²) in [4.78, 5) is 26.8. The van der Waals surface area contributed by atoms with Crippen molar-refractivity contribution in [3.8, 4) is 0 Å². The highest BCUT2D eigenvalue weighted by molar-refractivity contribution is 7.09. The number of hydrogen-bond donors (Lipinski definition) is 2. The van der Waals surface area contributed by atoms with E-state index in [2.05, 4.69) is 10.3 Å². The van der Waals surface area contributed by atoms with E-state index in [9.17, 15) is 9.59 Å². The number of benzene rings is 1. The van der Waals surface area contributed by atoms with Crippen molar-refractivity contribution < 1.29 is 14.7 Å². The van der Waals surface area contributed by atoms with E-state index in [0.29, 0.717) is 23.5 Å². The first-order valence-electron chi connectivity index (χ1n) is 6.50. The maximum Gasteiger partial charge on any atom is 0.355 e. The summed E-state index contributed by atoms with van der Waals surface area (Å²) in [5.74, 6) is -1.15. The molecule has 2 N–H and O–H groups in total. The number of thiazole rings is 1. The number of aryl methyl sites for hydroxylation is 2. The Morgan fingerprint density at radius 3 is 2.76 bits per heavy atom. The van der Waals surface area contributed by atoms with E-state index in [1.54, 1.807) is 0 Å². The van der Waals surface area contributed by atoms with Crippen LogP contribution >= 0.6 is 11.3 Å². The average Bonchev–Trinajstić information content (AvgIpc) is 2.90. The quantitative estimate of drug-likeness (QED) is 0.889. The van der Waals surface area contributed by atoms with Crippen LogP contribution in [-0.2, 0) is 6.42 Å². The lowest BCUT2D eigenvalue weighted by molar-refractivity contribution is 0.0690. The second-order valence-corrected chi connectivity index (χ2v) is 5.70. The number of nitrogens with zero attached hydrogens (tertiary/aromatic N) is 1. The Balaban J connectivity index is 1.92. The van der Waals surface area contributed by atoms with Gasteiger partial charge in [-0.15, -0.1) is 11.3 Å². The third-order valence-corrected chi connectivity index (χ3v) is 3.94. The van der Waals surface area contributed by atoms with Crippen LogP contribution in [0.4, 0.5) is 0 Å². The van der Waals surface area contributed by atoms with Crippen LogP contribution in [-0.4, -0.2) is 28.5 Å². The Bertz CT molecular complexity index is 679. The van der Waals surface area contributed by atoms with Gasteiger partial charge in [-0.2, -0.15) is 0 Å². The van der Waals surface area contributed by atoms with Gasteiger partial charge in [0, 0.05) is 23.9 Å². The molecule has 0 atom stereocenters. The maximum atomic E-state index is 12.1. The van der Waals surface area contributed by atoms with Crippen molar-refractivity contribution in [2.75, 3.05) is 6.54 Å². The second kappa shape index (κ2) is 6.49. The summed E-state index contributed by atoms with van der Waals surface area (Å²) in [7, 11) is 0. The van der Waals surface area contributed by atoms with Crippen LogP contribution in [0.15, 0.2) is 23.6 Å². The van der Waals surface area contributed by atoms with E-state index in [1.165, 1.54) is 16.7 Å². The first-order chi connectivity index (χ1) is 9.97. The molecule has 0 bridgehead atoms. The summed E-state index contributed by atoms with van der Waals surface area (Å²) in [6.07, 6.45) is 0.522. The molecule has 5 nitrogen and oxygen atoms in total. The van der Waals surface area contributed by atoms with Gasteiger partial charge >= 0.3 is 5.97 Å². The topological polar surface area (TPSA) is 79.3 Å². The molecule has 21 heavy (non-hydrogen) atoms. The van der Waals surface area contributed by atoms with Crippen LogP contribution in [0.2, 0.25) is 0 Å². The number of amides is 1. The summed E-state index contributed by atoms with van der Waals surface area (Å²) in [5.41, 5.74) is 2.69. The van der Waals surface area contributed by atoms with Crippen LogP contribution in [0, 0.1) is 13.8 Å². The molecule has 2 aromatic rings. The summed E-state index contributed by atoms with van der Waals surface area (Å²) < 4.78 is 0. The highest BCUT2D eigenvalue weighted by Crippen LogP contribution is 2.12. The van der Waals surface area contributed by atoms with Crippen molar-refractivity contribution in [2.24, 2.45) is 0 Å². The van der Waals surface area contributed by atoms with Gasteiger partial charge in [-0.1, -0.05) is 17.7 Å². The Kier molecular flexibility index (Phi) is 4.70. The molecule has 1 heterocycles. The SMILES string of the molecule is Cc1ccc(C)c(C(=O)NCCc2nc(C(=O)O)cs2)c1. The van der Waals surface area contributed by atoms with Gasteiger partial charge in [0.15, 0.2) is 5.69 Å². The van der Waals surface area contributed by atoms with Gasteiger partial charge in [0.1, 0.15) is 0 Å². The van der Waals surface area contributed by atoms with Crippen molar-refractivity contribution in [3.05, 3.63) is 51.0 Å². The van der Waals surface area contributed by atoms with Gasteiger partial charge in [0.2, 0.25) is 0 Å². The second-order valence-electron chi connectivity index (χ2n) is 4.76. The number of carboxylic acid groups (broad SMARTS) is 1. The molecule has 2 rings (SSSR count). The van der Waals surface area contributed by atoms with Gasteiger partial charge in [-0.3, -0.25) is 4.79 Å². The van der Waals surface area contributed by atoms with Crippen molar-refractivity contribution in [1.29, 1.82) is 0 Å². The smallest absolute Gasteiger partial charge is 0.355 e. The van der Waals surface area contributed by atoms with Gasteiger partial charge in [0.25, 0.3) is 5.91 Å². The molecule has 0 aliphatic heterocycles. The fourth-order valence-corrected chi connectivity index (χ4v) is 2.65. The summed E-state index contributed by atoms with van der Waals surface area (Å²) in [6.45, 7) is 4.27. The predicted molar refractivity (Wildman–Crippen MR) is 81.0 cm³/mol. The molecule has 1 aromatic heterocycles. The van der Waals surface area contributed by atoms with Crippen LogP contribution in [0.1, 0.15) is 37.0 Å². The molecule has 1 aromatic carbocycles. The van der Waals surface area contributed by atoms with E-state index in [4.69, 9.17) is 5.11 Å². The zero-order chi connectivity index (χ0) is 15.4. The first-order valence-corrected chi connectivity index (χ1v) is 7.38. The molecule has 110 valence electrons. The molecule has 6 heteroatoms. The van der Waals surface area contributed by atoms with Gasteiger partial charge in [-0.25, -0.2) is 9.78 Å². The maximum absolute atomic E-state index is 12.1. The van der Waals surface area contributed by atoms with E-state index in [0.717, 1.165) is 11.1 Å². The standard InChI is InChI=1S/C15H16N2O3S/c1-9-3-4-10(2)11(7-9)14(18)16-6-5-13-17-12(8-21-13)15(19)20/h3-4,7-8H,5-6H2,1-2H3,(H,16,18)(H,19,20). The number of rotatable bonds is 5. The molecular weight excluding hydrogens is 288 g/mol. The van der Waals surface area contributed by atoms with Gasteiger partial charge in [-0.05, 0) is 25.5 Å². The number of aromatic carboxylic acids is 1. The number of nitrogens with one attached hydrogen (secondary N) is 1. The minimum absolute atomic E-state index is 0.0517. The lowest BCUT2D eigenvalue weighted by Gasteiger charge is -2.07. The molecule has 0 spiro atoms. The van der Waals surface area contributed by atoms with Crippen molar-refractivity contribution >= 4 is 23.2 Å². The fourth-order valence-electron chi connectivity index (χ4n) is 1.88.